The Kier molecular flexibility index (Phi) is 10.8. The summed E-state index contributed by atoms with van der Waals surface area (Å²) >= 11 is 0. The Labute approximate surface area is 221 Å². The van der Waals surface area contributed by atoms with E-state index in [9.17, 15) is 9.59 Å². The molecule has 0 aromatic heterocycles. The predicted octanol–water partition coefficient (Wildman–Crippen LogP) is 6.02. The molecule has 5 nitrogen and oxygen atoms in total. The first kappa shape index (κ1) is 28.0. The molecule has 0 spiro atoms. The van der Waals surface area contributed by atoms with Crippen LogP contribution >= 0.6 is 0 Å². The van der Waals surface area contributed by atoms with Gasteiger partial charge in [0.25, 0.3) is 0 Å². The van der Waals surface area contributed by atoms with Gasteiger partial charge in [0.1, 0.15) is 11.8 Å². The zero-order valence-electron chi connectivity index (χ0n) is 22.6. The predicted molar refractivity (Wildman–Crippen MR) is 149 cm³/mol. The second-order valence-electron chi connectivity index (χ2n) is 9.80. The summed E-state index contributed by atoms with van der Waals surface area (Å²) in [6, 6.07) is 25.4. The van der Waals surface area contributed by atoms with Crippen molar-refractivity contribution < 1.29 is 14.3 Å². The van der Waals surface area contributed by atoms with Crippen molar-refractivity contribution in [1.82, 2.24) is 10.2 Å². The molecule has 3 rings (SSSR count). The first-order valence-corrected chi connectivity index (χ1v) is 13.2. The third-order valence-corrected chi connectivity index (χ3v) is 6.57. The number of hydrogen-bond donors (Lipinski definition) is 1. The van der Waals surface area contributed by atoms with E-state index >= 15 is 0 Å². The van der Waals surface area contributed by atoms with Crippen LogP contribution in [-0.4, -0.2) is 35.4 Å². The van der Waals surface area contributed by atoms with Crippen molar-refractivity contribution in [2.45, 2.75) is 72.0 Å². The molecule has 0 bridgehead atoms. The smallest absolute Gasteiger partial charge is 0.243 e. The SMILES string of the molecule is CC[C@H](C)NC(=O)[C@H](Cc1ccccc1)N(Cc1ccc(C)cc1)C(=O)CCCOc1ccc(C)cc1. The van der Waals surface area contributed by atoms with Gasteiger partial charge in [-0.1, -0.05) is 84.8 Å². The number of rotatable bonds is 13. The highest BCUT2D eigenvalue weighted by molar-refractivity contribution is 5.88. The topological polar surface area (TPSA) is 58.6 Å². The van der Waals surface area contributed by atoms with Gasteiger partial charge in [-0.15, -0.1) is 0 Å². The van der Waals surface area contributed by atoms with Crippen LogP contribution < -0.4 is 10.1 Å². The zero-order chi connectivity index (χ0) is 26.6. The maximum atomic E-state index is 13.7. The fourth-order valence-electron chi connectivity index (χ4n) is 4.08. The lowest BCUT2D eigenvalue weighted by atomic mass is 10.0. The highest BCUT2D eigenvalue weighted by Gasteiger charge is 2.30. The van der Waals surface area contributed by atoms with E-state index in [4.69, 9.17) is 4.74 Å². The van der Waals surface area contributed by atoms with E-state index < -0.39 is 6.04 Å². The molecule has 2 amide bonds. The second-order valence-corrected chi connectivity index (χ2v) is 9.80. The van der Waals surface area contributed by atoms with E-state index in [0.717, 1.165) is 28.9 Å². The molecule has 1 N–H and O–H groups in total. The summed E-state index contributed by atoms with van der Waals surface area (Å²) in [7, 11) is 0. The lowest BCUT2D eigenvalue weighted by Gasteiger charge is -2.32. The van der Waals surface area contributed by atoms with Crippen molar-refractivity contribution in [3.05, 3.63) is 101 Å². The largest absolute Gasteiger partial charge is 0.494 e. The average Bonchev–Trinajstić information content (AvgIpc) is 2.91. The van der Waals surface area contributed by atoms with Crippen LogP contribution in [0.3, 0.4) is 0 Å². The highest BCUT2D eigenvalue weighted by Crippen LogP contribution is 2.18. The number of carbonyl (C=O) groups excluding carboxylic acids is 2. The van der Waals surface area contributed by atoms with Crippen LogP contribution in [0.4, 0.5) is 0 Å². The Balaban J connectivity index is 1.78. The van der Waals surface area contributed by atoms with E-state index in [-0.39, 0.29) is 17.9 Å². The van der Waals surface area contributed by atoms with Crippen molar-refractivity contribution in [3.8, 4) is 5.75 Å². The second kappa shape index (κ2) is 14.2. The monoisotopic (exact) mass is 500 g/mol. The molecular weight excluding hydrogens is 460 g/mol. The number of hydrogen-bond acceptors (Lipinski definition) is 3. The van der Waals surface area contributed by atoms with Gasteiger partial charge in [0.15, 0.2) is 0 Å². The van der Waals surface area contributed by atoms with E-state index in [1.165, 1.54) is 5.56 Å². The van der Waals surface area contributed by atoms with Gasteiger partial charge in [-0.25, -0.2) is 0 Å². The third kappa shape index (κ3) is 9.09. The molecule has 0 saturated carbocycles. The van der Waals surface area contributed by atoms with Crippen LogP contribution in [0.5, 0.6) is 5.75 Å². The van der Waals surface area contributed by atoms with Crippen LogP contribution in [0.2, 0.25) is 0 Å². The van der Waals surface area contributed by atoms with Crippen LogP contribution in [0, 0.1) is 13.8 Å². The van der Waals surface area contributed by atoms with Crippen molar-refractivity contribution in [1.29, 1.82) is 0 Å². The quantitative estimate of drug-likeness (QED) is 0.292. The number of carbonyl (C=O) groups is 2. The lowest BCUT2D eigenvalue weighted by molar-refractivity contribution is -0.141. The molecule has 37 heavy (non-hydrogen) atoms. The van der Waals surface area contributed by atoms with Gasteiger partial charge < -0.3 is 15.0 Å². The summed E-state index contributed by atoms with van der Waals surface area (Å²) in [4.78, 5) is 28.9. The summed E-state index contributed by atoms with van der Waals surface area (Å²) in [5.74, 6) is 0.632. The van der Waals surface area contributed by atoms with Crippen molar-refractivity contribution in [2.75, 3.05) is 6.61 Å². The van der Waals surface area contributed by atoms with Crippen molar-refractivity contribution >= 4 is 11.8 Å². The Morgan fingerprint density at radius 2 is 1.49 bits per heavy atom. The molecule has 3 aromatic rings. The van der Waals surface area contributed by atoms with Gasteiger partial charge >= 0.3 is 0 Å². The maximum absolute atomic E-state index is 13.7. The number of ether oxygens (including phenoxy) is 1. The van der Waals surface area contributed by atoms with E-state index in [0.29, 0.717) is 32.4 Å². The number of nitrogens with one attached hydrogen (secondary N) is 1. The number of amides is 2. The third-order valence-electron chi connectivity index (χ3n) is 6.57. The van der Waals surface area contributed by atoms with E-state index in [2.05, 4.69) is 5.32 Å². The average molecular weight is 501 g/mol. The Morgan fingerprint density at radius 1 is 0.865 bits per heavy atom. The Hall–Kier alpha value is -3.60. The minimum absolute atomic E-state index is 0.0324. The first-order chi connectivity index (χ1) is 17.9. The van der Waals surface area contributed by atoms with Crippen LogP contribution in [0.25, 0.3) is 0 Å². The molecule has 2 atom stereocenters. The molecular formula is C32H40N2O3. The summed E-state index contributed by atoms with van der Waals surface area (Å²) < 4.78 is 5.84. The minimum atomic E-state index is -0.608. The molecule has 0 heterocycles. The van der Waals surface area contributed by atoms with Gasteiger partial charge in [-0.2, -0.15) is 0 Å². The van der Waals surface area contributed by atoms with Gasteiger partial charge in [0.05, 0.1) is 6.61 Å². The van der Waals surface area contributed by atoms with Crippen LogP contribution in [-0.2, 0) is 22.6 Å². The molecule has 196 valence electrons. The molecule has 0 fully saturated rings. The molecule has 0 aliphatic rings. The van der Waals surface area contributed by atoms with Crippen LogP contribution in [0.1, 0.15) is 55.4 Å². The fourth-order valence-corrected chi connectivity index (χ4v) is 4.08. The Morgan fingerprint density at radius 3 is 2.11 bits per heavy atom. The van der Waals surface area contributed by atoms with Gasteiger partial charge in [-0.05, 0) is 56.9 Å². The molecule has 0 aliphatic carbocycles. The standard InChI is InChI=1S/C32H40N2O3/c1-5-26(4)33-32(36)30(22-27-10-7-6-8-11-27)34(23-28-17-13-24(2)14-18-28)31(35)12-9-21-37-29-19-15-25(3)16-20-29/h6-8,10-11,13-20,26,30H,5,9,12,21-23H2,1-4H3,(H,33,36)/t26-,30-/m0/s1. The summed E-state index contributed by atoms with van der Waals surface area (Å²) in [6.45, 7) is 8.93. The van der Waals surface area contributed by atoms with Crippen molar-refractivity contribution in [3.63, 3.8) is 0 Å². The summed E-state index contributed by atoms with van der Waals surface area (Å²) in [5.41, 5.74) is 4.36. The van der Waals surface area contributed by atoms with Gasteiger partial charge in [-0.3, -0.25) is 9.59 Å². The zero-order valence-corrected chi connectivity index (χ0v) is 22.6. The normalized spacial score (nSPS) is 12.4. The minimum Gasteiger partial charge on any atom is -0.494 e. The van der Waals surface area contributed by atoms with Gasteiger partial charge in [0, 0.05) is 25.4 Å². The first-order valence-electron chi connectivity index (χ1n) is 13.2. The highest BCUT2D eigenvalue weighted by atomic mass is 16.5. The maximum Gasteiger partial charge on any atom is 0.243 e. The summed E-state index contributed by atoms with van der Waals surface area (Å²) in [6.07, 6.45) is 2.16. The molecule has 0 aliphatic heterocycles. The lowest BCUT2D eigenvalue weighted by Crippen LogP contribution is -2.52. The van der Waals surface area contributed by atoms with E-state index in [1.807, 2.05) is 107 Å². The number of aryl methyl sites for hydroxylation is 2. The molecule has 0 unspecified atom stereocenters. The number of nitrogens with zero attached hydrogens (tertiary/aromatic N) is 1. The molecule has 5 heteroatoms. The van der Waals surface area contributed by atoms with Gasteiger partial charge in [0.2, 0.25) is 11.8 Å². The van der Waals surface area contributed by atoms with Crippen LogP contribution in [0.15, 0.2) is 78.9 Å². The molecule has 0 radical (unpaired) electrons. The fraction of sp³-hybridized carbons (Fsp3) is 0.375. The Bertz CT molecular complexity index is 1110. The molecule has 3 aromatic carbocycles. The van der Waals surface area contributed by atoms with E-state index in [1.54, 1.807) is 4.90 Å². The molecule has 0 saturated heterocycles. The van der Waals surface area contributed by atoms with Crippen molar-refractivity contribution in [2.24, 2.45) is 0 Å². The number of benzene rings is 3. The summed E-state index contributed by atoms with van der Waals surface area (Å²) in [5, 5.41) is 3.12.